The summed E-state index contributed by atoms with van der Waals surface area (Å²) in [5.74, 6) is -0.200. The van der Waals surface area contributed by atoms with Crippen LogP contribution in [0.15, 0.2) is 42.6 Å². The van der Waals surface area contributed by atoms with Crippen molar-refractivity contribution in [3.8, 4) is 10.4 Å². The van der Waals surface area contributed by atoms with Gasteiger partial charge >= 0.3 is 0 Å². The number of carbonyl (C=O) groups is 1. The third-order valence-electron chi connectivity index (χ3n) is 3.67. The van der Waals surface area contributed by atoms with E-state index in [1.165, 1.54) is 11.3 Å². The molecule has 1 amide bonds. The molecule has 0 aliphatic heterocycles. The molecule has 0 saturated carbocycles. The van der Waals surface area contributed by atoms with Crippen LogP contribution < -0.4 is 5.32 Å². The molecule has 1 N–H and O–H groups in total. The lowest BCUT2D eigenvalue weighted by Crippen LogP contribution is -2.15. The molecule has 0 atom stereocenters. The summed E-state index contributed by atoms with van der Waals surface area (Å²) >= 11 is 1.45. The Bertz CT molecular complexity index is 859. The van der Waals surface area contributed by atoms with Crippen LogP contribution in [0, 0.1) is 0 Å². The number of nitrogens with zero attached hydrogens (tertiary/aromatic N) is 3. The first-order valence-electron chi connectivity index (χ1n) is 7.72. The van der Waals surface area contributed by atoms with Crippen molar-refractivity contribution < 1.29 is 4.79 Å². The molecule has 0 fully saturated rings. The number of nitrogens with one attached hydrogen (secondary N) is 1. The van der Waals surface area contributed by atoms with Gasteiger partial charge in [-0.05, 0) is 11.6 Å². The van der Waals surface area contributed by atoms with Gasteiger partial charge in [-0.1, -0.05) is 62.4 Å². The second kappa shape index (κ2) is 6.20. The molecule has 0 spiro atoms. The second-order valence-corrected chi connectivity index (χ2v) is 7.67. The number of anilines is 1. The van der Waals surface area contributed by atoms with Crippen molar-refractivity contribution in [2.45, 2.75) is 26.2 Å². The molecule has 0 saturated heterocycles. The zero-order valence-corrected chi connectivity index (χ0v) is 15.0. The van der Waals surface area contributed by atoms with E-state index < -0.39 is 0 Å². The SMILES string of the molecule is Cn1nc(C(C)(C)C)cc1C(=O)Nc1ncc(-c2ccccc2)s1. The minimum absolute atomic E-state index is 0.0993. The van der Waals surface area contributed by atoms with Crippen LogP contribution in [0.4, 0.5) is 5.13 Å². The van der Waals surface area contributed by atoms with Crippen molar-refractivity contribution in [3.05, 3.63) is 54.0 Å². The number of rotatable bonds is 3. The number of benzene rings is 1. The van der Waals surface area contributed by atoms with Gasteiger partial charge in [0.1, 0.15) is 5.69 Å². The van der Waals surface area contributed by atoms with E-state index in [0.717, 1.165) is 16.1 Å². The highest BCUT2D eigenvalue weighted by atomic mass is 32.1. The molecule has 6 heteroatoms. The Kier molecular flexibility index (Phi) is 4.24. The second-order valence-electron chi connectivity index (χ2n) is 6.64. The molecule has 24 heavy (non-hydrogen) atoms. The van der Waals surface area contributed by atoms with Gasteiger partial charge in [-0.25, -0.2) is 4.98 Å². The van der Waals surface area contributed by atoms with Gasteiger partial charge in [0.2, 0.25) is 0 Å². The zero-order chi connectivity index (χ0) is 17.3. The molecule has 2 heterocycles. The highest BCUT2D eigenvalue weighted by molar-refractivity contribution is 7.19. The number of thiazole rings is 1. The number of aromatic nitrogens is 3. The fourth-order valence-electron chi connectivity index (χ4n) is 2.28. The molecule has 0 bridgehead atoms. The van der Waals surface area contributed by atoms with Crippen LogP contribution >= 0.6 is 11.3 Å². The Labute approximate surface area is 145 Å². The number of carbonyl (C=O) groups excluding carboxylic acids is 1. The van der Waals surface area contributed by atoms with E-state index in [1.54, 1.807) is 17.9 Å². The predicted molar refractivity (Wildman–Crippen MR) is 97.4 cm³/mol. The summed E-state index contributed by atoms with van der Waals surface area (Å²) in [6.07, 6.45) is 1.78. The number of aryl methyl sites for hydroxylation is 1. The summed E-state index contributed by atoms with van der Waals surface area (Å²) < 4.78 is 1.61. The van der Waals surface area contributed by atoms with Gasteiger partial charge < -0.3 is 0 Å². The molecule has 124 valence electrons. The van der Waals surface area contributed by atoms with Crippen molar-refractivity contribution in [2.24, 2.45) is 7.05 Å². The van der Waals surface area contributed by atoms with Gasteiger partial charge in [0.25, 0.3) is 5.91 Å². The standard InChI is InChI=1S/C18H20N4OS/c1-18(2,3)15-10-13(22(4)21-15)16(23)20-17-19-11-14(24-17)12-8-6-5-7-9-12/h5-11H,1-4H3,(H,19,20,23). The van der Waals surface area contributed by atoms with E-state index in [1.807, 2.05) is 36.4 Å². The summed E-state index contributed by atoms with van der Waals surface area (Å²) in [4.78, 5) is 17.8. The normalized spacial score (nSPS) is 11.5. The molecular weight excluding hydrogens is 320 g/mol. The van der Waals surface area contributed by atoms with Crippen molar-refractivity contribution >= 4 is 22.4 Å². The number of hydrogen-bond donors (Lipinski definition) is 1. The zero-order valence-electron chi connectivity index (χ0n) is 14.2. The molecule has 0 unspecified atom stereocenters. The average molecular weight is 340 g/mol. The lowest BCUT2D eigenvalue weighted by Gasteiger charge is -2.13. The summed E-state index contributed by atoms with van der Waals surface area (Å²) in [6.45, 7) is 6.22. The fourth-order valence-corrected chi connectivity index (χ4v) is 3.09. The predicted octanol–water partition coefficient (Wildman–Crippen LogP) is 4.09. The Morgan fingerprint density at radius 3 is 2.54 bits per heavy atom. The van der Waals surface area contributed by atoms with E-state index in [4.69, 9.17) is 0 Å². The molecule has 2 aromatic heterocycles. The first kappa shape index (κ1) is 16.4. The molecular formula is C18H20N4OS. The first-order chi connectivity index (χ1) is 11.3. The maximum atomic E-state index is 12.5. The maximum absolute atomic E-state index is 12.5. The minimum atomic E-state index is -0.200. The Hall–Kier alpha value is -2.47. The van der Waals surface area contributed by atoms with Gasteiger partial charge in [0, 0.05) is 18.7 Å². The fraction of sp³-hybridized carbons (Fsp3) is 0.278. The summed E-state index contributed by atoms with van der Waals surface area (Å²) in [5.41, 5.74) is 2.40. The van der Waals surface area contributed by atoms with Gasteiger partial charge in [-0.3, -0.25) is 14.8 Å². The lowest BCUT2D eigenvalue weighted by atomic mass is 9.92. The van der Waals surface area contributed by atoms with Crippen molar-refractivity contribution in [2.75, 3.05) is 5.32 Å². The van der Waals surface area contributed by atoms with E-state index in [0.29, 0.717) is 10.8 Å². The van der Waals surface area contributed by atoms with Crippen LogP contribution in [0.1, 0.15) is 37.0 Å². The highest BCUT2D eigenvalue weighted by Gasteiger charge is 2.22. The molecule has 5 nitrogen and oxygen atoms in total. The van der Waals surface area contributed by atoms with Gasteiger partial charge in [-0.15, -0.1) is 0 Å². The van der Waals surface area contributed by atoms with Crippen LogP contribution in [0.25, 0.3) is 10.4 Å². The summed E-state index contributed by atoms with van der Waals surface area (Å²) in [6, 6.07) is 11.8. The maximum Gasteiger partial charge on any atom is 0.275 e. The first-order valence-corrected chi connectivity index (χ1v) is 8.53. The summed E-state index contributed by atoms with van der Waals surface area (Å²) in [5, 5.41) is 7.88. The van der Waals surface area contributed by atoms with Gasteiger partial charge in [0.15, 0.2) is 5.13 Å². The summed E-state index contributed by atoms with van der Waals surface area (Å²) in [7, 11) is 1.78. The number of hydrogen-bond acceptors (Lipinski definition) is 4. The highest BCUT2D eigenvalue weighted by Crippen LogP contribution is 2.29. The molecule has 0 radical (unpaired) electrons. The lowest BCUT2D eigenvalue weighted by molar-refractivity contribution is 0.101. The van der Waals surface area contributed by atoms with Crippen LogP contribution in [0.5, 0.6) is 0 Å². The van der Waals surface area contributed by atoms with E-state index in [9.17, 15) is 4.79 Å². The van der Waals surface area contributed by atoms with Crippen molar-refractivity contribution in [3.63, 3.8) is 0 Å². The molecule has 0 aliphatic carbocycles. The Balaban J connectivity index is 1.79. The topological polar surface area (TPSA) is 59.8 Å². The van der Waals surface area contributed by atoms with Crippen LogP contribution in [-0.2, 0) is 12.5 Å². The van der Waals surface area contributed by atoms with E-state index in [-0.39, 0.29) is 11.3 Å². The molecule has 3 rings (SSSR count). The molecule has 3 aromatic rings. The largest absolute Gasteiger partial charge is 0.296 e. The number of amides is 1. The van der Waals surface area contributed by atoms with Crippen LogP contribution in [0.3, 0.4) is 0 Å². The molecule has 1 aromatic carbocycles. The van der Waals surface area contributed by atoms with Crippen molar-refractivity contribution in [1.29, 1.82) is 0 Å². The monoisotopic (exact) mass is 340 g/mol. The Morgan fingerprint density at radius 2 is 1.92 bits per heavy atom. The van der Waals surface area contributed by atoms with E-state index >= 15 is 0 Å². The third kappa shape index (κ3) is 3.38. The van der Waals surface area contributed by atoms with Crippen molar-refractivity contribution in [1.82, 2.24) is 14.8 Å². The van der Waals surface area contributed by atoms with E-state index in [2.05, 4.69) is 36.2 Å². The molecule has 0 aliphatic rings. The average Bonchev–Trinajstić information content (AvgIpc) is 3.14. The quantitative estimate of drug-likeness (QED) is 0.781. The Morgan fingerprint density at radius 1 is 1.21 bits per heavy atom. The van der Waals surface area contributed by atoms with Gasteiger partial charge in [0.05, 0.1) is 10.6 Å². The van der Waals surface area contributed by atoms with Crippen LogP contribution in [-0.4, -0.2) is 20.7 Å². The third-order valence-corrected chi connectivity index (χ3v) is 4.63. The van der Waals surface area contributed by atoms with Crippen LogP contribution in [0.2, 0.25) is 0 Å². The minimum Gasteiger partial charge on any atom is -0.296 e. The van der Waals surface area contributed by atoms with Gasteiger partial charge in [-0.2, -0.15) is 5.10 Å². The smallest absolute Gasteiger partial charge is 0.275 e.